The monoisotopic (exact) mass is 321 g/mol. The fraction of sp³-hybridized carbons (Fsp3) is 0.278. The molecule has 1 aromatic carbocycles. The first-order valence-corrected chi connectivity index (χ1v) is 8.04. The summed E-state index contributed by atoms with van der Waals surface area (Å²) in [4.78, 5) is 19.2. The zero-order valence-electron chi connectivity index (χ0n) is 13.5. The fourth-order valence-electron chi connectivity index (χ4n) is 3.21. The van der Waals surface area contributed by atoms with Crippen molar-refractivity contribution in [2.45, 2.75) is 32.6 Å². The van der Waals surface area contributed by atoms with E-state index in [0.29, 0.717) is 6.54 Å². The highest BCUT2D eigenvalue weighted by molar-refractivity contribution is 5.76. The predicted molar refractivity (Wildman–Crippen MR) is 88.9 cm³/mol. The predicted octanol–water partition coefficient (Wildman–Crippen LogP) is 2.17. The number of aromatic nitrogens is 4. The van der Waals surface area contributed by atoms with Crippen LogP contribution in [0.1, 0.15) is 23.0 Å². The number of benzene rings is 1. The van der Waals surface area contributed by atoms with Crippen LogP contribution in [0.15, 0.2) is 55.1 Å². The molecule has 122 valence electrons. The van der Waals surface area contributed by atoms with Gasteiger partial charge in [0.1, 0.15) is 12.4 Å². The van der Waals surface area contributed by atoms with E-state index in [-0.39, 0.29) is 18.5 Å². The number of fused-ring (bicyclic) bond motifs is 1. The van der Waals surface area contributed by atoms with Crippen molar-refractivity contribution in [1.82, 2.24) is 24.2 Å². The Labute approximate surface area is 140 Å². The third-order valence-corrected chi connectivity index (χ3v) is 4.42. The van der Waals surface area contributed by atoms with Crippen LogP contribution >= 0.6 is 0 Å². The van der Waals surface area contributed by atoms with Crippen LogP contribution < -0.4 is 0 Å². The van der Waals surface area contributed by atoms with Crippen LogP contribution in [0, 0.1) is 6.92 Å². The van der Waals surface area contributed by atoms with Gasteiger partial charge in [0, 0.05) is 25.1 Å². The second kappa shape index (κ2) is 5.96. The maximum atomic E-state index is 12.9. The molecule has 3 aromatic rings. The van der Waals surface area contributed by atoms with Crippen molar-refractivity contribution >= 4 is 5.91 Å². The van der Waals surface area contributed by atoms with Crippen molar-refractivity contribution < 1.29 is 4.79 Å². The number of aryl methyl sites for hydroxylation is 1. The average Bonchev–Trinajstić information content (AvgIpc) is 3.22. The Hall–Kier alpha value is -2.89. The Morgan fingerprint density at radius 2 is 2.12 bits per heavy atom. The highest BCUT2D eigenvalue weighted by Crippen LogP contribution is 2.29. The minimum Gasteiger partial charge on any atom is -0.331 e. The molecule has 0 radical (unpaired) electrons. The Balaban J connectivity index is 1.64. The lowest BCUT2D eigenvalue weighted by Crippen LogP contribution is -2.42. The molecule has 0 spiro atoms. The Bertz CT molecular complexity index is 851. The lowest BCUT2D eigenvalue weighted by Gasteiger charge is -2.36. The third kappa shape index (κ3) is 2.71. The van der Waals surface area contributed by atoms with Gasteiger partial charge in [-0.1, -0.05) is 30.3 Å². The summed E-state index contributed by atoms with van der Waals surface area (Å²) >= 11 is 0. The minimum atomic E-state index is 0.0112. The molecule has 1 unspecified atom stereocenters. The van der Waals surface area contributed by atoms with E-state index in [2.05, 4.69) is 26.8 Å². The van der Waals surface area contributed by atoms with Gasteiger partial charge in [0.15, 0.2) is 0 Å². The first kappa shape index (κ1) is 14.7. The molecule has 0 N–H and O–H groups in total. The standard InChI is InChI=1S/C18H19N5O/c1-14-9-20-22(10-14)13-18(24)23-12-17-19-7-8-21(17)11-16(23)15-5-3-2-4-6-15/h2-10,16H,11-13H2,1H3. The Morgan fingerprint density at radius 3 is 2.88 bits per heavy atom. The van der Waals surface area contributed by atoms with Crippen LogP contribution in [0.4, 0.5) is 0 Å². The summed E-state index contributed by atoms with van der Waals surface area (Å²) in [5, 5.41) is 4.23. The molecule has 2 aromatic heterocycles. The molecule has 1 atom stereocenters. The number of carbonyl (C=O) groups excluding carboxylic acids is 1. The summed E-state index contributed by atoms with van der Waals surface area (Å²) in [6, 6.07) is 10.2. The number of hydrogen-bond donors (Lipinski definition) is 0. The van der Waals surface area contributed by atoms with Gasteiger partial charge in [0.25, 0.3) is 0 Å². The topological polar surface area (TPSA) is 56.0 Å². The lowest BCUT2D eigenvalue weighted by molar-refractivity contribution is -0.136. The van der Waals surface area contributed by atoms with Crippen molar-refractivity contribution in [2.75, 3.05) is 0 Å². The maximum Gasteiger partial charge on any atom is 0.245 e. The Morgan fingerprint density at radius 1 is 1.29 bits per heavy atom. The number of hydrogen-bond acceptors (Lipinski definition) is 3. The van der Waals surface area contributed by atoms with Gasteiger partial charge in [-0.3, -0.25) is 9.48 Å². The van der Waals surface area contributed by atoms with E-state index in [9.17, 15) is 4.79 Å². The molecule has 6 heteroatoms. The summed E-state index contributed by atoms with van der Waals surface area (Å²) in [7, 11) is 0. The fourth-order valence-corrected chi connectivity index (χ4v) is 3.21. The van der Waals surface area contributed by atoms with Gasteiger partial charge in [-0.05, 0) is 18.1 Å². The molecule has 0 aliphatic carbocycles. The summed E-state index contributed by atoms with van der Waals surface area (Å²) < 4.78 is 3.82. The van der Waals surface area contributed by atoms with E-state index in [4.69, 9.17) is 0 Å². The molecule has 0 fully saturated rings. The van der Waals surface area contributed by atoms with Crippen LogP contribution in [0.2, 0.25) is 0 Å². The van der Waals surface area contributed by atoms with E-state index in [0.717, 1.165) is 23.5 Å². The van der Waals surface area contributed by atoms with Crippen LogP contribution in [-0.2, 0) is 24.4 Å². The van der Waals surface area contributed by atoms with E-state index in [1.54, 1.807) is 17.1 Å². The van der Waals surface area contributed by atoms with Crippen molar-refractivity contribution in [3.63, 3.8) is 0 Å². The summed E-state index contributed by atoms with van der Waals surface area (Å²) in [6.45, 7) is 3.46. The van der Waals surface area contributed by atoms with Crippen LogP contribution in [0.25, 0.3) is 0 Å². The molecule has 0 bridgehead atoms. The molecule has 0 saturated carbocycles. The highest BCUT2D eigenvalue weighted by atomic mass is 16.2. The normalized spacial score (nSPS) is 16.9. The smallest absolute Gasteiger partial charge is 0.245 e. The van der Waals surface area contributed by atoms with Crippen molar-refractivity contribution in [2.24, 2.45) is 0 Å². The summed E-state index contributed by atoms with van der Waals surface area (Å²) in [5.41, 5.74) is 2.19. The van der Waals surface area contributed by atoms with Crippen molar-refractivity contribution in [1.29, 1.82) is 0 Å². The zero-order valence-corrected chi connectivity index (χ0v) is 13.5. The molecule has 1 aliphatic heterocycles. The van der Waals surface area contributed by atoms with E-state index in [1.807, 2.05) is 42.4 Å². The lowest BCUT2D eigenvalue weighted by atomic mass is 10.0. The largest absolute Gasteiger partial charge is 0.331 e. The number of rotatable bonds is 3. The number of imidazole rings is 1. The average molecular weight is 321 g/mol. The maximum absolute atomic E-state index is 12.9. The van der Waals surface area contributed by atoms with Crippen LogP contribution in [0.5, 0.6) is 0 Å². The van der Waals surface area contributed by atoms with E-state index >= 15 is 0 Å². The quantitative estimate of drug-likeness (QED) is 0.743. The third-order valence-electron chi connectivity index (χ3n) is 4.42. The molecule has 6 nitrogen and oxygen atoms in total. The number of amides is 1. The van der Waals surface area contributed by atoms with E-state index < -0.39 is 0 Å². The molecule has 1 amide bonds. The second-order valence-electron chi connectivity index (χ2n) is 6.16. The van der Waals surface area contributed by atoms with Gasteiger partial charge >= 0.3 is 0 Å². The van der Waals surface area contributed by atoms with Gasteiger partial charge in [-0.25, -0.2) is 4.98 Å². The summed E-state index contributed by atoms with van der Waals surface area (Å²) in [6.07, 6.45) is 7.43. The van der Waals surface area contributed by atoms with Crippen molar-refractivity contribution in [3.8, 4) is 0 Å². The summed E-state index contributed by atoms with van der Waals surface area (Å²) in [5.74, 6) is 0.980. The molecular formula is C18H19N5O. The number of nitrogens with zero attached hydrogens (tertiary/aromatic N) is 5. The second-order valence-corrected chi connectivity index (χ2v) is 6.16. The van der Waals surface area contributed by atoms with Gasteiger partial charge < -0.3 is 9.47 Å². The Kier molecular flexibility index (Phi) is 3.65. The van der Waals surface area contributed by atoms with Gasteiger partial charge in [0.2, 0.25) is 5.91 Å². The van der Waals surface area contributed by atoms with Crippen LogP contribution in [0.3, 0.4) is 0 Å². The molecular weight excluding hydrogens is 302 g/mol. The zero-order chi connectivity index (χ0) is 16.5. The number of carbonyl (C=O) groups is 1. The van der Waals surface area contributed by atoms with Crippen molar-refractivity contribution in [3.05, 3.63) is 72.1 Å². The molecule has 0 saturated heterocycles. The molecule has 1 aliphatic rings. The molecule has 24 heavy (non-hydrogen) atoms. The minimum absolute atomic E-state index is 0.0112. The molecule has 4 rings (SSSR count). The first-order valence-electron chi connectivity index (χ1n) is 8.04. The van der Waals surface area contributed by atoms with E-state index in [1.165, 1.54) is 0 Å². The van der Waals surface area contributed by atoms with Gasteiger partial charge in [-0.2, -0.15) is 5.10 Å². The first-order chi connectivity index (χ1) is 11.7. The van der Waals surface area contributed by atoms with Gasteiger partial charge in [0.05, 0.1) is 18.8 Å². The highest BCUT2D eigenvalue weighted by Gasteiger charge is 2.31. The van der Waals surface area contributed by atoms with Crippen LogP contribution in [-0.4, -0.2) is 30.1 Å². The SMILES string of the molecule is Cc1cnn(CC(=O)N2Cc3nccn3CC2c2ccccc2)c1. The molecule has 3 heterocycles. The van der Waals surface area contributed by atoms with Gasteiger partial charge in [-0.15, -0.1) is 0 Å².